The lowest BCUT2D eigenvalue weighted by Gasteiger charge is -2.48. The number of alkyl halides is 3. The lowest BCUT2D eigenvalue weighted by molar-refractivity contribution is -0.207. The van der Waals surface area contributed by atoms with Gasteiger partial charge in [0.2, 0.25) is 0 Å². The highest BCUT2D eigenvalue weighted by Crippen LogP contribution is 2.53. The molecule has 17 heavy (non-hydrogen) atoms. The highest BCUT2D eigenvalue weighted by atomic mass is 19.4. The van der Waals surface area contributed by atoms with Crippen LogP contribution in [0, 0.1) is 5.92 Å². The number of carbonyl (C=O) groups is 1. The van der Waals surface area contributed by atoms with Gasteiger partial charge in [-0.05, 0) is 18.1 Å². The summed E-state index contributed by atoms with van der Waals surface area (Å²) in [6.45, 7) is 0. The molecular weight excluding hydrogens is 231 g/mol. The van der Waals surface area contributed by atoms with Crippen LogP contribution in [0.1, 0.15) is 28.3 Å². The molecule has 1 fully saturated rings. The molecule has 1 heterocycles. The third-order valence-corrected chi connectivity index (χ3v) is 3.68. The fraction of sp³-hybridized carbons (Fsp3) is 0.417. The minimum atomic E-state index is -4.18. The van der Waals surface area contributed by atoms with Crippen molar-refractivity contribution in [1.29, 1.82) is 0 Å². The molecule has 0 radical (unpaired) electrons. The quantitative estimate of drug-likeness (QED) is 0.742. The number of nitrogens with one attached hydrogen (secondary N) is 1. The lowest BCUT2D eigenvalue weighted by Crippen LogP contribution is -2.58. The fourth-order valence-electron chi connectivity index (χ4n) is 2.81. The van der Waals surface area contributed by atoms with Crippen LogP contribution in [0.5, 0.6) is 0 Å². The third kappa shape index (κ3) is 1.45. The Bertz CT molecular complexity index is 483. The SMILES string of the molecule is O=C1N[C@@H]2C[C@H](C(F)(F)F)[C@@H]2c2ccccc21. The van der Waals surface area contributed by atoms with E-state index in [1.54, 1.807) is 24.3 Å². The van der Waals surface area contributed by atoms with Gasteiger partial charge in [0.25, 0.3) is 5.91 Å². The molecule has 1 aliphatic heterocycles. The first kappa shape index (κ1) is 10.6. The van der Waals surface area contributed by atoms with Gasteiger partial charge < -0.3 is 5.32 Å². The van der Waals surface area contributed by atoms with E-state index >= 15 is 0 Å². The van der Waals surface area contributed by atoms with Gasteiger partial charge in [0.15, 0.2) is 0 Å². The zero-order valence-corrected chi connectivity index (χ0v) is 8.79. The highest BCUT2D eigenvalue weighted by Gasteiger charge is 2.58. The predicted octanol–water partition coefficient (Wildman–Crippen LogP) is 2.46. The number of carbonyl (C=O) groups excluding carboxylic acids is 1. The summed E-state index contributed by atoms with van der Waals surface area (Å²) >= 11 is 0. The van der Waals surface area contributed by atoms with Crippen LogP contribution in [0.15, 0.2) is 24.3 Å². The molecule has 1 amide bonds. The molecule has 0 aromatic heterocycles. The van der Waals surface area contributed by atoms with Crippen molar-refractivity contribution in [2.75, 3.05) is 0 Å². The standard InChI is InChI=1S/C12H10F3NO/c13-12(14,15)8-5-9-10(8)6-3-1-2-4-7(6)11(17)16-9/h1-4,8-10H,5H2,(H,16,17)/t8-,9+,10-/m0/s1. The smallest absolute Gasteiger partial charge is 0.349 e. The molecule has 1 N–H and O–H groups in total. The van der Waals surface area contributed by atoms with Crippen molar-refractivity contribution in [2.24, 2.45) is 5.92 Å². The van der Waals surface area contributed by atoms with Gasteiger partial charge in [-0.25, -0.2) is 0 Å². The first-order valence-electron chi connectivity index (χ1n) is 5.45. The Balaban J connectivity index is 2.03. The van der Waals surface area contributed by atoms with Crippen LogP contribution in [-0.4, -0.2) is 18.1 Å². The largest absolute Gasteiger partial charge is 0.392 e. The normalized spacial score (nSPS) is 31.0. The molecule has 90 valence electrons. The van der Waals surface area contributed by atoms with E-state index in [-0.39, 0.29) is 18.4 Å². The van der Waals surface area contributed by atoms with Crippen LogP contribution >= 0.6 is 0 Å². The van der Waals surface area contributed by atoms with Crippen molar-refractivity contribution >= 4 is 5.91 Å². The van der Waals surface area contributed by atoms with Gasteiger partial charge in [0, 0.05) is 17.5 Å². The second-order valence-electron chi connectivity index (χ2n) is 4.58. The topological polar surface area (TPSA) is 29.1 Å². The monoisotopic (exact) mass is 241 g/mol. The summed E-state index contributed by atoms with van der Waals surface area (Å²) in [7, 11) is 0. The van der Waals surface area contributed by atoms with Crippen molar-refractivity contribution < 1.29 is 18.0 Å². The molecule has 0 spiro atoms. The van der Waals surface area contributed by atoms with E-state index in [0.717, 1.165) is 0 Å². The van der Waals surface area contributed by atoms with E-state index < -0.39 is 18.0 Å². The molecule has 2 nitrogen and oxygen atoms in total. The minimum Gasteiger partial charge on any atom is -0.349 e. The molecule has 0 unspecified atom stereocenters. The summed E-state index contributed by atoms with van der Waals surface area (Å²) in [6, 6.07) is 6.19. The maximum absolute atomic E-state index is 12.8. The average Bonchev–Trinajstić information content (AvgIpc) is 2.21. The lowest BCUT2D eigenvalue weighted by atomic mass is 9.63. The summed E-state index contributed by atoms with van der Waals surface area (Å²) in [6.07, 6.45) is -4.19. The number of benzene rings is 1. The molecule has 1 aliphatic carbocycles. The summed E-state index contributed by atoms with van der Waals surface area (Å²) in [5, 5.41) is 2.64. The van der Waals surface area contributed by atoms with Crippen LogP contribution in [0.3, 0.4) is 0 Å². The fourth-order valence-corrected chi connectivity index (χ4v) is 2.81. The zero-order valence-electron chi connectivity index (χ0n) is 8.79. The van der Waals surface area contributed by atoms with Crippen molar-refractivity contribution in [3.8, 4) is 0 Å². The maximum atomic E-state index is 12.8. The molecule has 1 aromatic rings. The van der Waals surface area contributed by atoms with Crippen molar-refractivity contribution in [2.45, 2.75) is 24.6 Å². The van der Waals surface area contributed by atoms with Gasteiger partial charge in [-0.3, -0.25) is 4.79 Å². The first-order chi connectivity index (χ1) is 7.98. The van der Waals surface area contributed by atoms with Crippen molar-refractivity contribution in [3.05, 3.63) is 35.4 Å². The van der Waals surface area contributed by atoms with Gasteiger partial charge in [-0.1, -0.05) is 18.2 Å². The number of halogens is 3. The van der Waals surface area contributed by atoms with Gasteiger partial charge in [-0.15, -0.1) is 0 Å². The zero-order chi connectivity index (χ0) is 12.2. The number of fused-ring (bicyclic) bond motifs is 3. The summed E-state index contributed by atoms with van der Waals surface area (Å²) < 4.78 is 38.3. The Morgan fingerprint density at radius 2 is 1.94 bits per heavy atom. The second-order valence-corrected chi connectivity index (χ2v) is 4.58. The van der Waals surface area contributed by atoms with Crippen LogP contribution in [0.2, 0.25) is 0 Å². The Kier molecular flexibility index (Phi) is 2.03. The Hall–Kier alpha value is -1.52. The van der Waals surface area contributed by atoms with E-state index in [4.69, 9.17) is 0 Å². The van der Waals surface area contributed by atoms with E-state index in [1.807, 2.05) is 0 Å². The van der Waals surface area contributed by atoms with Gasteiger partial charge in [0.1, 0.15) is 0 Å². The molecule has 3 rings (SSSR count). The Morgan fingerprint density at radius 1 is 1.24 bits per heavy atom. The van der Waals surface area contributed by atoms with Gasteiger partial charge >= 0.3 is 6.18 Å². The van der Waals surface area contributed by atoms with Crippen molar-refractivity contribution in [3.63, 3.8) is 0 Å². The maximum Gasteiger partial charge on any atom is 0.392 e. The van der Waals surface area contributed by atoms with Gasteiger partial charge in [0.05, 0.1) is 5.92 Å². The summed E-state index contributed by atoms with van der Waals surface area (Å²) in [5.41, 5.74) is 0.914. The predicted molar refractivity (Wildman–Crippen MR) is 54.6 cm³/mol. The molecule has 3 atom stereocenters. The molecule has 1 aromatic carbocycles. The minimum absolute atomic E-state index is 0.00571. The second kappa shape index (κ2) is 3.24. The Morgan fingerprint density at radius 3 is 2.65 bits per heavy atom. The average molecular weight is 241 g/mol. The van der Waals surface area contributed by atoms with Crippen LogP contribution in [-0.2, 0) is 0 Å². The van der Waals surface area contributed by atoms with E-state index in [0.29, 0.717) is 11.1 Å². The molecule has 0 saturated heterocycles. The molecule has 2 aliphatic rings. The number of amides is 1. The summed E-state index contributed by atoms with van der Waals surface area (Å²) in [5.74, 6) is -2.19. The number of hydrogen-bond donors (Lipinski definition) is 1. The Labute approximate surface area is 95.8 Å². The van der Waals surface area contributed by atoms with Crippen LogP contribution in [0.25, 0.3) is 0 Å². The number of hydrogen-bond acceptors (Lipinski definition) is 1. The molecule has 5 heteroatoms. The van der Waals surface area contributed by atoms with Crippen molar-refractivity contribution in [1.82, 2.24) is 5.32 Å². The molecule has 1 saturated carbocycles. The van der Waals surface area contributed by atoms with Crippen LogP contribution in [0.4, 0.5) is 13.2 Å². The molecular formula is C12H10F3NO. The van der Waals surface area contributed by atoms with Crippen LogP contribution < -0.4 is 5.32 Å². The first-order valence-corrected chi connectivity index (χ1v) is 5.45. The van der Waals surface area contributed by atoms with Gasteiger partial charge in [-0.2, -0.15) is 13.2 Å². The summed E-state index contributed by atoms with van der Waals surface area (Å²) in [4.78, 5) is 11.6. The molecule has 0 bridgehead atoms. The van der Waals surface area contributed by atoms with E-state index in [1.165, 1.54) is 0 Å². The third-order valence-electron chi connectivity index (χ3n) is 3.68. The highest BCUT2D eigenvalue weighted by molar-refractivity contribution is 5.97. The van der Waals surface area contributed by atoms with E-state index in [2.05, 4.69) is 5.32 Å². The number of rotatable bonds is 0. The van der Waals surface area contributed by atoms with E-state index in [9.17, 15) is 18.0 Å².